The molecular formula is C26H19BeNO+2. The van der Waals surface area contributed by atoms with Crippen molar-refractivity contribution in [1.82, 2.24) is 0 Å². The SMILES string of the molecule is CC1(C)c2c([nH+]cc3cc4ccccc4cc23)-c2c([O-])cc3ccccc3c21.[Be+2]. The summed E-state index contributed by atoms with van der Waals surface area (Å²) in [6, 6.07) is 23.0. The number of hydrogen-bond acceptors (Lipinski definition) is 1. The number of H-pyrrole nitrogens is 1. The first-order valence-corrected chi connectivity index (χ1v) is 9.67. The van der Waals surface area contributed by atoms with Crippen molar-refractivity contribution in [2.75, 3.05) is 0 Å². The first-order chi connectivity index (χ1) is 13.6. The number of aromatic amines is 1. The molecule has 1 N–H and O–H groups in total. The zero-order chi connectivity index (χ0) is 19.0. The Morgan fingerprint density at radius 2 is 1.38 bits per heavy atom. The van der Waals surface area contributed by atoms with Gasteiger partial charge in [-0.15, -0.1) is 0 Å². The summed E-state index contributed by atoms with van der Waals surface area (Å²) in [4.78, 5) is 3.47. The van der Waals surface area contributed by atoms with Gasteiger partial charge in [0.25, 0.3) is 0 Å². The Balaban J connectivity index is 0.00000181. The van der Waals surface area contributed by atoms with Gasteiger partial charge in [0.05, 0.1) is 0 Å². The fraction of sp³-hybridized carbons (Fsp3) is 0.115. The Hall–Kier alpha value is -3.22. The molecular weight excluding hydrogens is 351 g/mol. The van der Waals surface area contributed by atoms with E-state index in [1.165, 1.54) is 32.5 Å². The molecule has 6 rings (SSSR count). The first-order valence-electron chi connectivity index (χ1n) is 9.67. The van der Waals surface area contributed by atoms with Crippen LogP contribution in [0.2, 0.25) is 0 Å². The predicted molar refractivity (Wildman–Crippen MR) is 118 cm³/mol. The van der Waals surface area contributed by atoms with Crippen LogP contribution >= 0.6 is 0 Å². The van der Waals surface area contributed by atoms with E-state index < -0.39 is 0 Å². The van der Waals surface area contributed by atoms with E-state index in [4.69, 9.17) is 0 Å². The monoisotopic (exact) mass is 370 g/mol. The van der Waals surface area contributed by atoms with Gasteiger partial charge >= 0.3 is 10.1 Å². The minimum atomic E-state index is -0.261. The molecule has 0 radical (unpaired) electrons. The van der Waals surface area contributed by atoms with E-state index in [0.717, 1.165) is 22.2 Å². The second-order valence-corrected chi connectivity index (χ2v) is 8.30. The third kappa shape index (κ3) is 2.24. The van der Waals surface area contributed by atoms with Gasteiger partial charge in [0.2, 0.25) is 5.69 Å². The molecule has 2 nitrogen and oxygen atoms in total. The van der Waals surface area contributed by atoms with Crippen LogP contribution in [0.4, 0.5) is 0 Å². The summed E-state index contributed by atoms with van der Waals surface area (Å²) in [5.74, 6) is 0.0944. The van der Waals surface area contributed by atoms with Gasteiger partial charge in [-0.2, -0.15) is 0 Å². The summed E-state index contributed by atoms with van der Waals surface area (Å²) in [6.45, 7) is 4.48. The molecule has 0 aliphatic heterocycles. The van der Waals surface area contributed by atoms with E-state index in [1.54, 1.807) is 6.07 Å². The standard InChI is InChI=1S/C26H19NO.Be/c1-26(2)23-19-10-6-5-9-17(19)13-21(28)22(23)25-24(26)20-12-16-8-4-3-7-15(16)11-18(20)14-27-25;/h3-14,28H,1-2H3;/q;+2. The van der Waals surface area contributed by atoms with Crippen LogP contribution in [-0.2, 0) is 5.41 Å². The summed E-state index contributed by atoms with van der Waals surface area (Å²) in [7, 11) is 0. The fourth-order valence-electron chi connectivity index (χ4n) is 5.14. The second-order valence-electron chi connectivity index (χ2n) is 8.30. The normalized spacial score (nSPS) is 14.0. The number of aromatic nitrogens is 1. The summed E-state index contributed by atoms with van der Waals surface area (Å²) in [5.41, 5.74) is 3.90. The van der Waals surface area contributed by atoms with E-state index in [1.807, 2.05) is 18.3 Å². The zero-order valence-electron chi connectivity index (χ0n) is 16.5. The van der Waals surface area contributed by atoms with Gasteiger partial charge in [0.15, 0.2) is 6.20 Å². The van der Waals surface area contributed by atoms with Crippen LogP contribution in [-0.4, -0.2) is 10.1 Å². The molecule has 4 aromatic carbocycles. The van der Waals surface area contributed by atoms with Gasteiger partial charge in [0.1, 0.15) is 0 Å². The molecule has 1 aliphatic rings. The molecule has 0 unspecified atom stereocenters. The molecule has 1 aliphatic carbocycles. The molecule has 134 valence electrons. The molecule has 1 heterocycles. The van der Waals surface area contributed by atoms with Crippen molar-refractivity contribution in [1.29, 1.82) is 0 Å². The number of pyridine rings is 1. The maximum atomic E-state index is 13.1. The quantitative estimate of drug-likeness (QED) is 0.280. The van der Waals surface area contributed by atoms with Crippen molar-refractivity contribution in [3.05, 3.63) is 84.1 Å². The Morgan fingerprint density at radius 1 is 0.724 bits per heavy atom. The number of hydrogen-bond donors (Lipinski definition) is 0. The molecule has 29 heavy (non-hydrogen) atoms. The zero-order valence-corrected chi connectivity index (χ0v) is 16.5. The number of fused-ring (bicyclic) bond motifs is 8. The van der Waals surface area contributed by atoms with Crippen LogP contribution < -0.4 is 10.1 Å². The van der Waals surface area contributed by atoms with Gasteiger partial charge in [-0.1, -0.05) is 74.2 Å². The second kappa shape index (κ2) is 5.89. The van der Waals surface area contributed by atoms with E-state index in [-0.39, 0.29) is 21.3 Å². The molecule has 1 aromatic heterocycles. The first kappa shape index (κ1) is 17.8. The Labute approximate surface area is 173 Å². The van der Waals surface area contributed by atoms with Crippen molar-refractivity contribution in [2.45, 2.75) is 19.3 Å². The van der Waals surface area contributed by atoms with E-state index in [2.05, 4.69) is 67.4 Å². The van der Waals surface area contributed by atoms with Gasteiger partial charge in [-0.3, -0.25) is 0 Å². The molecule has 5 aromatic rings. The van der Waals surface area contributed by atoms with Crippen molar-refractivity contribution in [3.63, 3.8) is 0 Å². The van der Waals surface area contributed by atoms with Crippen LogP contribution in [0.1, 0.15) is 25.0 Å². The molecule has 0 bridgehead atoms. The predicted octanol–water partition coefficient (Wildman–Crippen LogP) is 4.96. The molecule has 0 saturated heterocycles. The minimum Gasteiger partial charge on any atom is -0.872 e. The average Bonchev–Trinajstić information content (AvgIpc) is 2.95. The van der Waals surface area contributed by atoms with E-state index >= 15 is 0 Å². The fourth-order valence-corrected chi connectivity index (χ4v) is 5.14. The van der Waals surface area contributed by atoms with Gasteiger partial charge in [0, 0.05) is 21.9 Å². The molecule has 0 amide bonds. The van der Waals surface area contributed by atoms with Crippen LogP contribution in [0.5, 0.6) is 5.75 Å². The average molecular weight is 370 g/mol. The summed E-state index contributed by atoms with van der Waals surface area (Å²) in [6.07, 6.45) is 2.04. The van der Waals surface area contributed by atoms with Crippen LogP contribution in [0.15, 0.2) is 72.9 Å². The Bertz CT molecular complexity index is 1450. The van der Waals surface area contributed by atoms with Crippen LogP contribution in [0.25, 0.3) is 43.6 Å². The van der Waals surface area contributed by atoms with Crippen molar-refractivity contribution >= 4 is 42.4 Å². The van der Waals surface area contributed by atoms with E-state index in [9.17, 15) is 5.11 Å². The van der Waals surface area contributed by atoms with Gasteiger partial charge < -0.3 is 5.11 Å². The smallest absolute Gasteiger partial charge is 0.872 e. The number of rotatable bonds is 0. The molecule has 0 saturated carbocycles. The summed E-state index contributed by atoms with van der Waals surface area (Å²) >= 11 is 0. The third-order valence-corrected chi connectivity index (χ3v) is 6.32. The molecule has 0 atom stereocenters. The topological polar surface area (TPSA) is 37.2 Å². The van der Waals surface area contributed by atoms with Crippen LogP contribution in [0, 0.1) is 0 Å². The van der Waals surface area contributed by atoms with E-state index in [0.29, 0.717) is 0 Å². The van der Waals surface area contributed by atoms with Crippen molar-refractivity contribution in [2.24, 2.45) is 0 Å². The van der Waals surface area contributed by atoms with Crippen molar-refractivity contribution < 1.29 is 10.1 Å². The maximum absolute atomic E-state index is 13.1. The third-order valence-electron chi connectivity index (χ3n) is 6.32. The molecule has 0 spiro atoms. The van der Waals surface area contributed by atoms with Crippen LogP contribution in [0.3, 0.4) is 0 Å². The molecule has 3 heteroatoms. The minimum absolute atomic E-state index is 0. The summed E-state index contributed by atoms with van der Waals surface area (Å²) in [5, 5.41) is 20.1. The largest absolute Gasteiger partial charge is 2.00 e. The van der Waals surface area contributed by atoms with Gasteiger partial charge in [-0.25, -0.2) is 4.98 Å². The summed E-state index contributed by atoms with van der Waals surface area (Å²) < 4.78 is 0. The Morgan fingerprint density at radius 3 is 2.14 bits per heavy atom. The van der Waals surface area contributed by atoms with Gasteiger partial charge in [-0.05, 0) is 44.6 Å². The number of benzene rings is 4. The maximum Gasteiger partial charge on any atom is 2.00 e. The van der Waals surface area contributed by atoms with Crippen molar-refractivity contribution in [3.8, 4) is 17.0 Å². The molecule has 0 fully saturated rings. The number of nitrogens with one attached hydrogen (secondary N) is 1. The Kier molecular flexibility index (Phi) is 3.62.